The lowest BCUT2D eigenvalue weighted by Gasteiger charge is -2.26. The van der Waals surface area contributed by atoms with Crippen molar-refractivity contribution in [3.05, 3.63) is 65.0 Å². The zero-order valence-corrected chi connectivity index (χ0v) is 16.1. The van der Waals surface area contributed by atoms with Crippen LogP contribution in [0.2, 0.25) is 0 Å². The van der Waals surface area contributed by atoms with Gasteiger partial charge in [0, 0.05) is 23.9 Å². The van der Waals surface area contributed by atoms with Crippen molar-refractivity contribution < 1.29 is 14.3 Å². The van der Waals surface area contributed by atoms with Gasteiger partial charge in [0.25, 0.3) is 0 Å². The van der Waals surface area contributed by atoms with E-state index in [-0.39, 0.29) is 23.2 Å². The van der Waals surface area contributed by atoms with Gasteiger partial charge in [-0.3, -0.25) is 9.59 Å². The average molecular weight is 408 g/mol. The van der Waals surface area contributed by atoms with Crippen molar-refractivity contribution in [2.75, 3.05) is 5.32 Å². The number of hydrogen-bond donors (Lipinski definition) is 3. The van der Waals surface area contributed by atoms with E-state index >= 15 is 0 Å². The van der Waals surface area contributed by atoms with Gasteiger partial charge in [0.1, 0.15) is 5.69 Å². The molecule has 7 nitrogen and oxygen atoms in total. The topological polar surface area (TPSA) is 108 Å². The predicted octanol–water partition coefficient (Wildman–Crippen LogP) is 3.69. The van der Waals surface area contributed by atoms with Gasteiger partial charge in [0.15, 0.2) is 5.82 Å². The number of halogens is 1. The highest BCUT2D eigenvalue weighted by Crippen LogP contribution is 2.29. The molecule has 2 aromatic heterocycles. The SMILES string of the molecule is O=c1cc(-c2cccc(-c3nc(N[C@H]4CC[C@H](C(=O)O)CC4)ncc3F)c2)cc[nH]1. The Kier molecular flexibility index (Phi) is 5.56. The maximum Gasteiger partial charge on any atom is 0.306 e. The molecule has 0 atom stereocenters. The molecule has 2 heterocycles. The zero-order chi connectivity index (χ0) is 21.1. The van der Waals surface area contributed by atoms with Crippen molar-refractivity contribution in [3.8, 4) is 22.4 Å². The van der Waals surface area contributed by atoms with Gasteiger partial charge in [-0.1, -0.05) is 18.2 Å². The summed E-state index contributed by atoms with van der Waals surface area (Å²) in [6.07, 6.45) is 5.29. The van der Waals surface area contributed by atoms with Crippen LogP contribution in [0.15, 0.2) is 53.6 Å². The van der Waals surface area contributed by atoms with E-state index in [1.54, 1.807) is 30.5 Å². The molecule has 4 rings (SSSR count). The number of aromatic amines is 1. The van der Waals surface area contributed by atoms with Crippen LogP contribution < -0.4 is 10.9 Å². The number of carbonyl (C=O) groups is 1. The summed E-state index contributed by atoms with van der Waals surface area (Å²) in [5.74, 6) is -1.29. The monoisotopic (exact) mass is 408 g/mol. The third kappa shape index (κ3) is 4.37. The Morgan fingerprint density at radius 2 is 1.83 bits per heavy atom. The summed E-state index contributed by atoms with van der Waals surface area (Å²) in [5.41, 5.74) is 2.03. The summed E-state index contributed by atoms with van der Waals surface area (Å²) in [6, 6.07) is 10.5. The van der Waals surface area contributed by atoms with E-state index in [1.165, 1.54) is 6.07 Å². The normalized spacial score (nSPS) is 18.7. The number of aliphatic carboxylic acids is 1. The van der Waals surface area contributed by atoms with Crippen LogP contribution in [0.1, 0.15) is 25.7 Å². The molecule has 0 aliphatic heterocycles. The maximum absolute atomic E-state index is 14.5. The number of carboxylic acids is 1. The summed E-state index contributed by atoms with van der Waals surface area (Å²) in [6.45, 7) is 0. The summed E-state index contributed by atoms with van der Waals surface area (Å²) in [4.78, 5) is 33.7. The lowest BCUT2D eigenvalue weighted by Crippen LogP contribution is -2.29. The number of hydrogen-bond acceptors (Lipinski definition) is 5. The lowest BCUT2D eigenvalue weighted by atomic mass is 9.86. The number of benzene rings is 1. The molecule has 30 heavy (non-hydrogen) atoms. The second-order valence-electron chi connectivity index (χ2n) is 7.44. The number of rotatable bonds is 5. The minimum atomic E-state index is -0.756. The van der Waals surface area contributed by atoms with Gasteiger partial charge in [0.05, 0.1) is 12.1 Å². The predicted molar refractivity (Wildman–Crippen MR) is 110 cm³/mol. The fourth-order valence-electron chi connectivity index (χ4n) is 3.78. The van der Waals surface area contributed by atoms with Crippen LogP contribution in [0.3, 0.4) is 0 Å². The molecule has 3 aromatic rings. The minimum absolute atomic E-state index is 0.0567. The van der Waals surface area contributed by atoms with Crippen LogP contribution in [0, 0.1) is 11.7 Å². The van der Waals surface area contributed by atoms with Gasteiger partial charge in [-0.2, -0.15) is 0 Å². The Morgan fingerprint density at radius 3 is 2.57 bits per heavy atom. The Morgan fingerprint density at radius 1 is 1.10 bits per heavy atom. The molecule has 1 aromatic carbocycles. The Labute approximate surface area is 172 Å². The zero-order valence-electron chi connectivity index (χ0n) is 16.1. The van der Waals surface area contributed by atoms with Crippen molar-refractivity contribution in [2.24, 2.45) is 5.92 Å². The van der Waals surface area contributed by atoms with E-state index in [9.17, 15) is 14.0 Å². The second kappa shape index (κ2) is 8.44. The fraction of sp³-hybridized carbons (Fsp3) is 0.273. The molecule has 1 aliphatic carbocycles. The molecule has 0 unspecified atom stereocenters. The fourth-order valence-corrected chi connectivity index (χ4v) is 3.78. The number of H-pyrrole nitrogens is 1. The third-order valence-corrected chi connectivity index (χ3v) is 5.40. The summed E-state index contributed by atoms with van der Waals surface area (Å²) < 4.78 is 14.5. The van der Waals surface area contributed by atoms with E-state index in [0.717, 1.165) is 17.3 Å². The molecule has 0 spiro atoms. The van der Waals surface area contributed by atoms with Crippen molar-refractivity contribution >= 4 is 11.9 Å². The molecule has 1 fully saturated rings. The summed E-state index contributed by atoms with van der Waals surface area (Å²) >= 11 is 0. The van der Waals surface area contributed by atoms with Crippen molar-refractivity contribution in [1.82, 2.24) is 15.0 Å². The number of aromatic nitrogens is 3. The largest absolute Gasteiger partial charge is 0.481 e. The van der Waals surface area contributed by atoms with Gasteiger partial charge in [-0.25, -0.2) is 14.4 Å². The first-order valence-electron chi connectivity index (χ1n) is 9.81. The smallest absolute Gasteiger partial charge is 0.306 e. The standard InChI is InChI=1S/C22H21FN4O3/c23-18-12-25-22(26-17-6-4-13(5-7-17)21(29)30)27-20(18)16-3-1-2-14(10-16)15-8-9-24-19(28)11-15/h1-3,8-13,17H,4-7H2,(H,24,28)(H,29,30)(H,25,26,27)/t13-,17-. The van der Waals surface area contributed by atoms with Gasteiger partial charge in [0.2, 0.25) is 11.5 Å². The number of anilines is 1. The number of nitrogens with zero attached hydrogens (tertiary/aromatic N) is 2. The van der Waals surface area contributed by atoms with E-state index in [1.807, 2.05) is 6.07 Å². The molecule has 1 aliphatic rings. The van der Waals surface area contributed by atoms with Gasteiger partial charge >= 0.3 is 5.97 Å². The molecule has 0 bridgehead atoms. The number of carboxylic acid groups (broad SMARTS) is 1. The van der Waals surface area contributed by atoms with E-state index in [2.05, 4.69) is 20.3 Å². The molecule has 0 amide bonds. The van der Waals surface area contributed by atoms with Gasteiger partial charge < -0.3 is 15.4 Å². The second-order valence-corrected chi connectivity index (χ2v) is 7.44. The molecule has 0 saturated heterocycles. The highest BCUT2D eigenvalue weighted by Gasteiger charge is 2.26. The molecule has 0 radical (unpaired) electrons. The first-order chi connectivity index (χ1) is 14.5. The van der Waals surface area contributed by atoms with Gasteiger partial charge in [-0.15, -0.1) is 0 Å². The Balaban J connectivity index is 1.56. The van der Waals surface area contributed by atoms with Crippen LogP contribution in [0.4, 0.5) is 10.3 Å². The van der Waals surface area contributed by atoms with E-state index in [0.29, 0.717) is 37.2 Å². The lowest BCUT2D eigenvalue weighted by molar-refractivity contribution is -0.142. The first-order valence-corrected chi connectivity index (χ1v) is 9.81. The molecular weight excluding hydrogens is 387 g/mol. The van der Waals surface area contributed by atoms with Crippen LogP contribution >= 0.6 is 0 Å². The molecule has 8 heteroatoms. The van der Waals surface area contributed by atoms with Crippen molar-refractivity contribution in [3.63, 3.8) is 0 Å². The molecule has 154 valence electrons. The molecular formula is C22H21FN4O3. The number of pyridine rings is 1. The van der Waals surface area contributed by atoms with Crippen molar-refractivity contribution in [2.45, 2.75) is 31.7 Å². The Hall–Kier alpha value is -3.55. The maximum atomic E-state index is 14.5. The highest BCUT2D eigenvalue weighted by molar-refractivity contribution is 5.72. The van der Waals surface area contributed by atoms with Crippen LogP contribution in [0.25, 0.3) is 22.4 Å². The highest BCUT2D eigenvalue weighted by atomic mass is 19.1. The minimum Gasteiger partial charge on any atom is -0.481 e. The summed E-state index contributed by atoms with van der Waals surface area (Å²) in [5, 5.41) is 12.3. The van der Waals surface area contributed by atoms with Gasteiger partial charge in [-0.05, 0) is 48.9 Å². The van der Waals surface area contributed by atoms with Crippen molar-refractivity contribution in [1.29, 1.82) is 0 Å². The quantitative estimate of drug-likeness (QED) is 0.594. The number of nitrogens with one attached hydrogen (secondary N) is 2. The van der Waals surface area contributed by atoms with Crippen LogP contribution in [0.5, 0.6) is 0 Å². The first kappa shape index (κ1) is 19.8. The van der Waals surface area contributed by atoms with E-state index < -0.39 is 11.8 Å². The Bertz CT molecular complexity index is 1120. The summed E-state index contributed by atoms with van der Waals surface area (Å²) in [7, 11) is 0. The van der Waals surface area contributed by atoms with E-state index in [4.69, 9.17) is 5.11 Å². The van der Waals surface area contributed by atoms with Crippen LogP contribution in [-0.4, -0.2) is 32.1 Å². The van der Waals surface area contributed by atoms with Crippen LogP contribution in [-0.2, 0) is 4.79 Å². The average Bonchev–Trinajstić information content (AvgIpc) is 2.75. The molecule has 3 N–H and O–H groups in total. The molecule has 1 saturated carbocycles. The third-order valence-electron chi connectivity index (χ3n) is 5.40.